The molecule has 2 N–H and O–H groups in total. The highest BCUT2D eigenvalue weighted by Crippen LogP contribution is 2.25. The lowest BCUT2D eigenvalue weighted by molar-refractivity contribution is 0.553. The van der Waals surface area contributed by atoms with E-state index in [1.807, 2.05) is 0 Å². The summed E-state index contributed by atoms with van der Waals surface area (Å²) in [6.07, 6.45) is 6.57. The van der Waals surface area contributed by atoms with Crippen molar-refractivity contribution in [2.75, 3.05) is 18.0 Å². The molecule has 1 aliphatic rings. The fraction of sp³-hybridized carbons (Fsp3) is 0.471. The molecule has 0 atom stereocenters. The zero-order chi connectivity index (χ0) is 13.8. The van der Waals surface area contributed by atoms with E-state index in [2.05, 4.69) is 35.2 Å². The van der Waals surface area contributed by atoms with Gasteiger partial charge in [-0.15, -0.1) is 0 Å². The number of rotatable bonds is 2. The molecular weight excluding hydrogens is 246 g/mol. The van der Waals surface area contributed by atoms with Gasteiger partial charge in [0, 0.05) is 30.6 Å². The minimum atomic E-state index is 0.559. The number of anilines is 1. The maximum absolute atomic E-state index is 5.95. The highest BCUT2D eigenvalue weighted by molar-refractivity contribution is 5.81. The summed E-state index contributed by atoms with van der Waals surface area (Å²) in [5.41, 5.74) is 8.19. The van der Waals surface area contributed by atoms with Crippen LogP contribution in [0.15, 0.2) is 30.3 Å². The average molecular weight is 269 g/mol. The fourth-order valence-electron chi connectivity index (χ4n) is 3.03. The molecule has 20 heavy (non-hydrogen) atoms. The van der Waals surface area contributed by atoms with Crippen LogP contribution in [0.2, 0.25) is 0 Å². The van der Waals surface area contributed by atoms with Crippen LogP contribution in [0.4, 0.5) is 5.82 Å². The van der Waals surface area contributed by atoms with Crippen LogP contribution >= 0.6 is 0 Å². The second-order valence-electron chi connectivity index (χ2n) is 5.62. The molecule has 3 nitrogen and oxygen atoms in total. The molecule has 3 heteroatoms. The monoisotopic (exact) mass is 269 g/mol. The van der Waals surface area contributed by atoms with Crippen LogP contribution in [-0.4, -0.2) is 18.1 Å². The highest BCUT2D eigenvalue weighted by Gasteiger charge is 2.14. The van der Waals surface area contributed by atoms with Crippen molar-refractivity contribution in [2.45, 2.75) is 38.6 Å². The number of benzene rings is 1. The van der Waals surface area contributed by atoms with Crippen molar-refractivity contribution in [1.82, 2.24) is 4.98 Å². The van der Waals surface area contributed by atoms with Gasteiger partial charge in [-0.05, 0) is 25.0 Å². The molecule has 1 aliphatic heterocycles. The zero-order valence-electron chi connectivity index (χ0n) is 12.0. The summed E-state index contributed by atoms with van der Waals surface area (Å²) in [6.45, 7) is 2.78. The molecule has 3 rings (SSSR count). The van der Waals surface area contributed by atoms with Crippen LogP contribution in [0, 0.1) is 0 Å². The number of aromatic nitrogens is 1. The second-order valence-corrected chi connectivity index (χ2v) is 5.62. The minimum Gasteiger partial charge on any atom is -0.356 e. The molecule has 0 amide bonds. The molecule has 1 fully saturated rings. The van der Waals surface area contributed by atoms with Crippen LogP contribution < -0.4 is 10.6 Å². The van der Waals surface area contributed by atoms with Gasteiger partial charge < -0.3 is 10.6 Å². The second kappa shape index (κ2) is 6.23. The van der Waals surface area contributed by atoms with Crippen molar-refractivity contribution >= 4 is 16.7 Å². The molecule has 0 aliphatic carbocycles. The van der Waals surface area contributed by atoms with Gasteiger partial charge in [-0.2, -0.15) is 0 Å². The number of nitrogens with zero attached hydrogens (tertiary/aromatic N) is 2. The maximum atomic E-state index is 5.95. The summed E-state index contributed by atoms with van der Waals surface area (Å²) in [5, 5.41) is 1.18. The van der Waals surface area contributed by atoms with Crippen LogP contribution in [0.1, 0.15) is 37.7 Å². The molecule has 0 radical (unpaired) electrons. The minimum absolute atomic E-state index is 0.559. The summed E-state index contributed by atoms with van der Waals surface area (Å²) in [7, 11) is 0. The van der Waals surface area contributed by atoms with E-state index < -0.39 is 0 Å². The Labute approximate surface area is 120 Å². The number of para-hydroxylation sites is 1. The van der Waals surface area contributed by atoms with Gasteiger partial charge in [0.25, 0.3) is 0 Å². The SMILES string of the molecule is NCc1cc2ccccc2nc1N1CCCCCCC1. The van der Waals surface area contributed by atoms with E-state index in [1.165, 1.54) is 43.1 Å². The number of nitrogens with two attached hydrogens (primary N) is 1. The number of fused-ring (bicyclic) bond motifs is 1. The van der Waals surface area contributed by atoms with E-state index in [9.17, 15) is 0 Å². The normalized spacial score (nSPS) is 16.9. The first kappa shape index (κ1) is 13.4. The van der Waals surface area contributed by atoms with Crippen LogP contribution in [-0.2, 0) is 6.54 Å². The third kappa shape index (κ3) is 2.78. The van der Waals surface area contributed by atoms with Crippen molar-refractivity contribution in [3.8, 4) is 0 Å². The quantitative estimate of drug-likeness (QED) is 0.907. The Morgan fingerprint density at radius 1 is 1.00 bits per heavy atom. The Morgan fingerprint density at radius 3 is 2.45 bits per heavy atom. The van der Waals surface area contributed by atoms with E-state index in [-0.39, 0.29) is 0 Å². The van der Waals surface area contributed by atoms with Crippen molar-refractivity contribution in [1.29, 1.82) is 0 Å². The van der Waals surface area contributed by atoms with Gasteiger partial charge in [-0.1, -0.05) is 37.5 Å². The van der Waals surface area contributed by atoms with Gasteiger partial charge in [0.05, 0.1) is 5.52 Å². The Morgan fingerprint density at radius 2 is 1.70 bits per heavy atom. The van der Waals surface area contributed by atoms with Crippen LogP contribution in [0.5, 0.6) is 0 Å². The third-order valence-electron chi connectivity index (χ3n) is 4.16. The zero-order valence-corrected chi connectivity index (χ0v) is 12.0. The molecule has 0 unspecified atom stereocenters. The summed E-state index contributed by atoms with van der Waals surface area (Å²) >= 11 is 0. The lowest BCUT2D eigenvalue weighted by Gasteiger charge is -2.28. The van der Waals surface area contributed by atoms with Gasteiger partial charge in [0.1, 0.15) is 5.82 Å². The Balaban J connectivity index is 1.99. The van der Waals surface area contributed by atoms with Gasteiger partial charge in [-0.3, -0.25) is 0 Å². The highest BCUT2D eigenvalue weighted by atomic mass is 15.2. The van der Waals surface area contributed by atoms with Crippen LogP contribution in [0.25, 0.3) is 10.9 Å². The van der Waals surface area contributed by atoms with Crippen molar-refractivity contribution in [3.63, 3.8) is 0 Å². The van der Waals surface area contributed by atoms with E-state index in [0.717, 1.165) is 24.4 Å². The van der Waals surface area contributed by atoms with Gasteiger partial charge in [0.15, 0.2) is 0 Å². The Bertz CT molecular complexity index is 571. The third-order valence-corrected chi connectivity index (χ3v) is 4.16. The molecule has 1 aromatic heterocycles. The predicted molar refractivity (Wildman–Crippen MR) is 84.9 cm³/mol. The molecular formula is C17H23N3. The molecule has 1 saturated heterocycles. The Kier molecular flexibility index (Phi) is 4.16. The molecule has 0 spiro atoms. The number of hydrogen-bond donors (Lipinski definition) is 1. The standard InChI is InChI=1S/C17H23N3/c18-13-15-12-14-8-4-5-9-16(14)19-17(15)20-10-6-2-1-3-7-11-20/h4-5,8-9,12H,1-3,6-7,10-11,13,18H2. The van der Waals surface area contributed by atoms with Crippen molar-refractivity contribution < 1.29 is 0 Å². The molecule has 0 bridgehead atoms. The molecule has 2 aromatic rings. The predicted octanol–water partition coefficient (Wildman–Crippen LogP) is 3.46. The molecule has 1 aromatic carbocycles. The molecule has 2 heterocycles. The van der Waals surface area contributed by atoms with E-state index in [4.69, 9.17) is 10.7 Å². The first-order chi connectivity index (χ1) is 9.88. The topological polar surface area (TPSA) is 42.1 Å². The summed E-state index contributed by atoms with van der Waals surface area (Å²) < 4.78 is 0. The average Bonchev–Trinajstić information content (AvgIpc) is 2.46. The fourth-order valence-corrected chi connectivity index (χ4v) is 3.03. The smallest absolute Gasteiger partial charge is 0.133 e. The van der Waals surface area contributed by atoms with Crippen LogP contribution in [0.3, 0.4) is 0 Å². The number of pyridine rings is 1. The summed E-state index contributed by atoms with van der Waals surface area (Å²) in [4.78, 5) is 7.33. The van der Waals surface area contributed by atoms with Gasteiger partial charge in [0.2, 0.25) is 0 Å². The summed E-state index contributed by atoms with van der Waals surface area (Å²) in [6, 6.07) is 10.5. The van der Waals surface area contributed by atoms with E-state index in [1.54, 1.807) is 0 Å². The first-order valence-electron chi connectivity index (χ1n) is 7.72. The van der Waals surface area contributed by atoms with E-state index in [0.29, 0.717) is 6.54 Å². The van der Waals surface area contributed by atoms with Gasteiger partial charge >= 0.3 is 0 Å². The molecule has 106 valence electrons. The summed E-state index contributed by atoms with van der Waals surface area (Å²) in [5.74, 6) is 1.10. The van der Waals surface area contributed by atoms with Crippen molar-refractivity contribution in [3.05, 3.63) is 35.9 Å². The largest absolute Gasteiger partial charge is 0.356 e. The van der Waals surface area contributed by atoms with Gasteiger partial charge in [-0.25, -0.2) is 4.98 Å². The van der Waals surface area contributed by atoms with E-state index >= 15 is 0 Å². The lowest BCUT2D eigenvalue weighted by Crippen LogP contribution is -2.29. The lowest BCUT2D eigenvalue weighted by atomic mass is 10.1. The molecule has 0 saturated carbocycles. The first-order valence-corrected chi connectivity index (χ1v) is 7.72. The number of hydrogen-bond acceptors (Lipinski definition) is 3. The van der Waals surface area contributed by atoms with Crippen molar-refractivity contribution in [2.24, 2.45) is 5.73 Å². The Hall–Kier alpha value is -1.61. The maximum Gasteiger partial charge on any atom is 0.133 e.